The molecule has 538 valence electrons. The van der Waals surface area contributed by atoms with Gasteiger partial charge in [-0.25, -0.2) is 9.36 Å². The standard InChI is InChI=1S/C18H24N2O7.C13H18NO4P.C12H16N2O.C10H9NO3.C10H11NO2.C10H9NO2/c1-20(2)7-6-9-8-19-10-4-3-5-11(12(9)10)26-18-15(23)13(21)14(22)16(27-18)17(24)25;1-9(2)6-7-10-8-14-11-4-3-5-12(13(10)11)18-19(15,16)17;1-14(2)7-6-9-8-13-10-4-3-5-11(15)12(9)10;12-8-3-1-2-7-10(8)6(5-11-7)4-9(13)14;12-4-3-7-6-11-10-5-8(13)1-2-9(7)10;12-5-4-7-6-11-8-2-1-3-9(13)10(7)8/h3-5,8,13-16,18-19,21-23H,6-7H2,1-2H3,(H,24,25);3-5,8-9,14H,6-7H2,1-2H3,(H2,15,16,17);3-5,8,13,15H,6-7H2,1-2H3;1-3,5,11-12H,4H2,(H,13,14);1-2,5-6,11-13H,3-4H2;1-3,5-6,11,13H,4H2/t13-,14-,15+,16-,18+;;;;;/m0...../s1. The first kappa shape index (κ1) is 76.6. The van der Waals surface area contributed by atoms with E-state index in [0.717, 1.165) is 127 Å². The fourth-order valence-electron chi connectivity index (χ4n) is 11.5. The molecule has 0 unspecified atom stereocenters. The first-order valence-electron chi connectivity index (χ1n) is 32.4. The van der Waals surface area contributed by atoms with E-state index in [1.165, 1.54) is 5.56 Å². The lowest BCUT2D eigenvalue weighted by Gasteiger charge is -2.38. The van der Waals surface area contributed by atoms with E-state index >= 15 is 0 Å². The van der Waals surface area contributed by atoms with E-state index in [4.69, 9.17) is 39.1 Å². The molecule has 12 aromatic rings. The summed E-state index contributed by atoms with van der Waals surface area (Å²) in [6.45, 7) is 6.23. The number of phenols is 4. The van der Waals surface area contributed by atoms with Crippen LogP contribution in [0.5, 0.6) is 34.5 Å². The van der Waals surface area contributed by atoms with Gasteiger partial charge in [0.1, 0.15) is 59.1 Å². The van der Waals surface area contributed by atoms with Crippen LogP contribution in [0.3, 0.4) is 0 Å². The molecule has 101 heavy (non-hydrogen) atoms. The molecule has 1 saturated heterocycles. The monoisotopic (exact) mass is 1410 g/mol. The topological polar surface area (TPSA) is 440 Å². The van der Waals surface area contributed by atoms with Crippen LogP contribution in [0.2, 0.25) is 0 Å². The summed E-state index contributed by atoms with van der Waals surface area (Å²) in [5.41, 5.74) is 10.9. The van der Waals surface area contributed by atoms with Gasteiger partial charge >= 0.3 is 19.8 Å². The molecular weight excluding hydrogens is 1320 g/mol. The van der Waals surface area contributed by atoms with Crippen LogP contribution in [0, 0.1) is 5.92 Å². The molecule has 0 saturated carbocycles. The van der Waals surface area contributed by atoms with Gasteiger partial charge in [-0.15, -0.1) is 0 Å². The van der Waals surface area contributed by atoms with Gasteiger partial charge in [0.25, 0.3) is 0 Å². The predicted octanol–water partition coefficient (Wildman–Crippen LogP) is 9.27. The summed E-state index contributed by atoms with van der Waals surface area (Å²) in [5, 5.41) is 99.4. The van der Waals surface area contributed by atoms with Crippen LogP contribution in [-0.4, -0.2) is 197 Å². The van der Waals surface area contributed by atoms with Crippen LogP contribution in [0.15, 0.2) is 146 Å². The van der Waals surface area contributed by atoms with E-state index in [1.807, 2.05) is 80.2 Å². The number of phenolic OH excluding ortho intramolecular Hbond substituents is 4. The number of rotatable bonds is 20. The third-order valence-electron chi connectivity index (χ3n) is 16.5. The fourth-order valence-corrected chi connectivity index (χ4v) is 11.9. The van der Waals surface area contributed by atoms with Crippen molar-refractivity contribution in [3.05, 3.63) is 180 Å². The van der Waals surface area contributed by atoms with Crippen molar-refractivity contribution in [3.63, 3.8) is 0 Å². The number of aldehydes is 1. The molecule has 27 nitrogen and oxygen atoms in total. The molecule has 0 amide bonds. The average molecular weight is 1410 g/mol. The second-order valence-electron chi connectivity index (χ2n) is 25.0. The summed E-state index contributed by atoms with van der Waals surface area (Å²) in [5.74, 6) is -0.226. The van der Waals surface area contributed by atoms with Crippen molar-refractivity contribution in [2.24, 2.45) is 5.92 Å². The van der Waals surface area contributed by atoms with E-state index in [2.05, 4.69) is 62.7 Å². The van der Waals surface area contributed by atoms with Gasteiger partial charge in [0.05, 0.1) is 6.42 Å². The minimum Gasteiger partial charge on any atom is -0.508 e. The Hall–Kier alpha value is -10.2. The number of aromatic amines is 6. The van der Waals surface area contributed by atoms with Crippen molar-refractivity contribution in [1.29, 1.82) is 0 Å². The van der Waals surface area contributed by atoms with Crippen molar-refractivity contribution in [2.45, 2.75) is 89.5 Å². The van der Waals surface area contributed by atoms with Crippen molar-refractivity contribution < 1.29 is 93.8 Å². The number of carboxylic acid groups (broad SMARTS) is 2. The zero-order valence-electron chi connectivity index (χ0n) is 56.5. The number of aliphatic hydroxyl groups excluding tert-OH is 4. The number of aliphatic carboxylic acids is 2. The molecule has 6 aromatic heterocycles. The minimum atomic E-state index is -4.54. The average Bonchev–Trinajstić information content (AvgIpc) is 1.69. The number of nitrogens with one attached hydrogen (secondary N) is 6. The van der Waals surface area contributed by atoms with Crippen LogP contribution in [0.25, 0.3) is 65.4 Å². The number of benzene rings is 6. The summed E-state index contributed by atoms with van der Waals surface area (Å²) in [6.07, 6.45) is 8.02. The Morgan fingerprint density at radius 3 is 1.47 bits per heavy atom. The number of nitrogens with zero attached hydrogens (tertiary/aromatic N) is 2. The number of fused-ring (bicyclic) bond motifs is 6. The molecule has 1 fully saturated rings. The number of carbonyl (C=O) groups excluding carboxylic acids is 1. The Balaban J connectivity index is 0.000000157. The number of carbonyl (C=O) groups is 3. The lowest BCUT2D eigenvalue weighted by atomic mass is 9.99. The Kier molecular flexibility index (Phi) is 26.7. The number of likely N-dealkylation sites (N-methyl/N-ethyl adjacent to an activating group) is 2. The van der Waals surface area contributed by atoms with E-state index in [9.17, 15) is 54.7 Å². The first-order valence-corrected chi connectivity index (χ1v) is 33.9. The van der Waals surface area contributed by atoms with Crippen LogP contribution in [-0.2, 0) is 62.2 Å². The maximum absolute atomic E-state index is 11.2. The van der Waals surface area contributed by atoms with Gasteiger partial charge in [0.2, 0.25) is 6.29 Å². The number of ether oxygens (including phenoxy) is 2. The van der Waals surface area contributed by atoms with Gasteiger partial charge in [-0.3, -0.25) is 14.6 Å². The second-order valence-corrected chi connectivity index (χ2v) is 26.1. The summed E-state index contributed by atoms with van der Waals surface area (Å²) < 4.78 is 26.7. The number of aromatic nitrogens is 6. The van der Waals surface area contributed by atoms with Crippen molar-refractivity contribution in [2.75, 3.05) is 47.9 Å². The number of aryl methyl sites for hydroxylation is 1. The Bertz CT molecular complexity index is 4750. The molecule has 0 spiro atoms. The molecule has 7 heterocycles. The lowest BCUT2D eigenvalue weighted by molar-refractivity contribution is -0.270. The van der Waals surface area contributed by atoms with Crippen molar-refractivity contribution in [1.82, 2.24) is 39.7 Å². The normalized spacial score (nSPS) is 15.9. The summed E-state index contributed by atoms with van der Waals surface area (Å²) >= 11 is 0. The van der Waals surface area contributed by atoms with Crippen LogP contribution in [0.1, 0.15) is 53.6 Å². The molecular formula is C73H87N8O19P. The van der Waals surface area contributed by atoms with Crippen molar-refractivity contribution in [3.8, 4) is 34.5 Å². The van der Waals surface area contributed by atoms with Crippen LogP contribution < -0.4 is 9.26 Å². The zero-order valence-corrected chi connectivity index (χ0v) is 57.4. The smallest absolute Gasteiger partial charge is 0.508 e. The number of carboxylic acids is 2. The van der Waals surface area contributed by atoms with Gasteiger partial charge < -0.3 is 110 Å². The number of phosphoric acid groups is 1. The summed E-state index contributed by atoms with van der Waals surface area (Å²) in [4.78, 5) is 72.6. The Morgan fingerprint density at radius 2 is 0.980 bits per heavy atom. The van der Waals surface area contributed by atoms with Gasteiger partial charge in [-0.1, -0.05) is 44.2 Å². The van der Waals surface area contributed by atoms with Gasteiger partial charge in [-0.2, -0.15) is 0 Å². The van der Waals surface area contributed by atoms with E-state index in [1.54, 1.807) is 85.2 Å². The molecule has 6 aromatic carbocycles. The van der Waals surface area contributed by atoms with Gasteiger partial charge in [-0.05, 0) is 172 Å². The Morgan fingerprint density at radius 1 is 0.545 bits per heavy atom. The van der Waals surface area contributed by atoms with Gasteiger partial charge in [0, 0.05) is 135 Å². The third-order valence-corrected chi connectivity index (χ3v) is 16.9. The predicted molar refractivity (Wildman–Crippen MR) is 384 cm³/mol. The highest BCUT2D eigenvalue weighted by molar-refractivity contribution is 7.46. The summed E-state index contributed by atoms with van der Waals surface area (Å²) in [6, 6.07) is 31.5. The van der Waals surface area contributed by atoms with Gasteiger partial charge in [0.15, 0.2) is 6.10 Å². The molecule has 1 aliphatic heterocycles. The second kappa shape index (κ2) is 35.2. The summed E-state index contributed by atoms with van der Waals surface area (Å²) in [7, 11) is 3.50. The Labute approximate surface area is 580 Å². The molecule has 5 atom stereocenters. The largest absolute Gasteiger partial charge is 0.524 e. The molecule has 0 aliphatic carbocycles. The minimum absolute atomic E-state index is 0.0857. The lowest BCUT2D eigenvalue weighted by Crippen LogP contribution is -2.61. The number of aliphatic hydroxyl groups is 4. The number of hydrogen-bond acceptors (Lipinski definition) is 17. The number of H-pyrrole nitrogens is 6. The SMILES string of the molecule is CC(C)CCc1c[nH]c2cccc(OP(=O)(O)O)c12.CN(C)CCc1c[nH]c2cccc(O)c12.CN(C)CCc1c[nH]c2cccc(O[C@@H]3O[C@H](C(=O)O)[C@@H](O)[C@H](O)[C@H]3O)c12.O=C(O)Cc1c[nH]c2cccc(O)c12.O=CCc1c[nH]c2cccc(O)c12.OCCc1c[nH]c2cc(O)ccc12. The number of hydrogen-bond donors (Lipinski definition) is 18. The van der Waals surface area contributed by atoms with Crippen LogP contribution in [0.4, 0.5) is 0 Å². The van der Waals surface area contributed by atoms with E-state index in [-0.39, 0.29) is 36.0 Å². The highest BCUT2D eigenvalue weighted by Crippen LogP contribution is 2.42. The quantitative estimate of drug-likeness (QED) is 0.0249. The number of aromatic hydroxyl groups is 4. The fraction of sp³-hybridized carbons (Fsp3) is 0.301. The first-order chi connectivity index (χ1) is 48.2. The molecule has 1 aliphatic rings. The van der Waals surface area contributed by atoms with E-state index in [0.29, 0.717) is 41.2 Å². The molecule has 0 bridgehead atoms. The number of phosphoric ester groups is 1. The molecule has 18 N–H and O–H groups in total. The van der Waals surface area contributed by atoms with Crippen molar-refractivity contribution >= 4 is 91.5 Å². The van der Waals surface area contributed by atoms with E-state index < -0.39 is 50.5 Å². The molecule has 28 heteroatoms. The molecule has 13 rings (SSSR count). The highest BCUT2D eigenvalue weighted by Gasteiger charge is 2.48. The van der Waals surface area contributed by atoms with Crippen LogP contribution >= 0.6 is 7.82 Å². The maximum atomic E-state index is 11.2. The molecule has 0 radical (unpaired) electrons. The highest BCUT2D eigenvalue weighted by atomic mass is 31.2. The third kappa shape index (κ3) is 20.3. The zero-order chi connectivity index (χ0) is 73.2. The maximum Gasteiger partial charge on any atom is 0.524 e.